The number of ketones is 1. The number of benzene rings is 1. The van der Waals surface area contributed by atoms with E-state index >= 15 is 0 Å². The zero-order valence-corrected chi connectivity index (χ0v) is 14.4. The predicted octanol–water partition coefficient (Wildman–Crippen LogP) is 3.26. The van der Waals surface area contributed by atoms with Crippen LogP contribution < -0.4 is 0 Å². The normalized spacial score (nSPS) is 18.9. The highest BCUT2D eigenvalue weighted by Gasteiger charge is 2.26. The molecular formula is C18H23N3OS. The Morgan fingerprint density at radius 2 is 2.17 bits per heavy atom. The average molecular weight is 329 g/mol. The molecule has 0 bridgehead atoms. The van der Waals surface area contributed by atoms with Crippen LogP contribution in [0.4, 0.5) is 0 Å². The van der Waals surface area contributed by atoms with Crippen molar-refractivity contribution in [3.63, 3.8) is 0 Å². The monoisotopic (exact) mass is 329 g/mol. The zero-order valence-electron chi connectivity index (χ0n) is 13.6. The van der Waals surface area contributed by atoms with Crippen molar-refractivity contribution in [3.8, 4) is 0 Å². The zero-order chi connectivity index (χ0) is 16.1. The van der Waals surface area contributed by atoms with Crippen LogP contribution in [0.3, 0.4) is 0 Å². The number of carbonyl (C=O) groups excluding carboxylic acids is 1. The van der Waals surface area contributed by atoms with Crippen LogP contribution in [-0.2, 0) is 17.8 Å². The first-order valence-electron chi connectivity index (χ1n) is 8.29. The van der Waals surface area contributed by atoms with Gasteiger partial charge in [0.05, 0.1) is 10.6 Å². The first-order chi connectivity index (χ1) is 11.2. The SMILES string of the molecule is Cc1nnsc1CN1CCCC(C(=O)CCc2ccccc2)C1. The third-order valence-electron chi connectivity index (χ3n) is 4.58. The molecule has 1 aromatic heterocycles. The molecule has 0 amide bonds. The number of carbonyl (C=O) groups is 1. The number of aromatic nitrogens is 2. The largest absolute Gasteiger partial charge is 0.299 e. The maximum absolute atomic E-state index is 12.5. The van der Waals surface area contributed by atoms with E-state index in [1.807, 2.05) is 25.1 Å². The molecule has 1 atom stereocenters. The second-order valence-electron chi connectivity index (χ2n) is 6.31. The number of Topliss-reactive ketones (excluding diaryl/α,β-unsaturated/α-hetero) is 1. The van der Waals surface area contributed by atoms with Gasteiger partial charge >= 0.3 is 0 Å². The highest BCUT2D eigenvalue weighted by Crippen LogP contribution is 2.22. The average Bonchev–Trinajstić information content (AvgIpc) is 2.99. The highest BCUT2D eigenvalue weighted by molar-refractivity contribution is 7.05. The van der Waals surface area contributed by atoms with Crippen molar-refractivity contribution in [2.24, 2.45) is 5.92 Å². The van der Waals surface area contributed by atoms with Crippen LogP contribution in [0.25, 0.3) is 0 Å². The van der Waals surface area contributed by atoms with Crippen molar-refractivity contribution in [1.82, 2.24) is 14.5 Å². The lowest BCUT2D eigenvalue weighted by Gasteiger charge is -2.31. The number of rotatable bonds is 6. The van der Waals surface area contributed by atoms with Gasteiger partial charge in [-0.25, -0.2) is 0 Å². The van der Waals surface area contributed by atoms with Gasteiger partial charge in [-0.05, 0) is 49.8 Å². The van der Waals surface area contributed by atoms with Crippen LogP contribution in [0.1, 0.15) is 35.4 Å². The van der Waals surface area contributed by atoms with E-state index in [-0.39, 0.29) is 5.92 Å². The first-order valence-corrected chi connectivity index (χ1v) is 9.06. The van der Waals surface area contributed by atoms with Gasteiger partial charge in [-0.3, -0.25) is 9.69 Å². The van der Waals surface area contributed by atoms with E-state index in [1.54, 1.807) is 0 Å². The standard InChI is InChI=1S/C18H23N3OS/c1-14-18(23-20-19-14)13-21-11-5-8-16(12-21)17(22)10-9-15-6-3-2-4-7-15/h2-4,6-7,16H,5,8-13H2,1H3. The van der Waals surface area contributed by atoms with Gasteiger partial charge in [-0.15, -0.1) is 5.10 Å². The fourth-order valence-corrected chi connectivity index (χ4v) is 3.85. The summed E-state index contributed by atoms with van der Waals surface area (Å²) >= 11 is 1.47. The number of likely N-dealkylation sites (tertiary alicyclic amines) is 1. The Labute approximate surface area is 141 Å². The Balaban J connectivity index is 1.51. The molecule has 3 rings (SSSR count). The molecule has 1 unspecified atom stereocenters. The van der Waals surface area contributed by atoms with Gasteiger partial charge in [0.1, 0.15) is 5.78 Å². The van der Waals surface area contributed by atoms with Crippen molar-refractivity contribution < 1.29 is 4.79 Å². The second kappa shape index (κ2) is 7.79. The van der Waals surface area contributed by atoms with E-state index in [2.05, 4.69) is 26.6 Å². The lowest BCUT2D eigenvalue weighted by atomic mass is 9.90. The minimum absolute atomic E-state index is 0.189. The third-order valence-corrected chi connectivity index (χ3v) is 5.38. The molecule has 1 aliphatic rings. The van der Waals surface area contributed by atoms with Crippen LogP contribution in [0.2, 0.25) is 0 Å². The lowest BCUT2D eigenvalue weighted by Crippen LogP contribution is -2.38. The summed E-state index contributed by atoms with van der Waals surface area (Å²) in [4.78, 5) is 16.1. The molecule has 122 valence electrons. The number of hydrogen-bond acceptors (Lipinski definition) is 5. The van der Waals surface area contributed by atoms with Crippen molar-refractivity contribution in [2.75, 3.05) is 13.1 Å². The molecule has 1 fully saturated rings. The molecule has 2 heterocycles. The van der Waals surface area contributed by atoms with Crippen molar-refractivity contribution >= 4 is 17.3 Å². The van der Waals surface area contributed by atoms with E-state index in [9.17, 15) is 4.79 Å². The maximum atomic E-state index is 12.5. The third kappa shape index (κ3) is 4.45. The minimum atomic E-state index is 0.189. The molecule has 1 saturated heterocycles. The second-order valence-corrected chi connectivity index (χ2v) is 7.15. The Bertz CT molecular complexity index is 641. The number of nitrogens with zero attached hydrogens (tertiary/aromatic N) is 3. The minimum Gasteiger partial charge on any atom is -0.299 e. The number of hydrogen-bond donors (Lipinski definition) is 0. The van der Waals surface area contributed by atoms with Crippen LogP contribution in [0.5, 0.6) is 0 Å². The summed E-state index contributed by atoms with van der Waals surface area (Å²) in [6.07, 6.45) is 3.65. The van der Waals surface area contributed by atoms with Gasteiger partial charge < -0.3 is 0 Å². The van der Waals surface area contributed by atoms with Gasteiger partial charge in [0.2, 0.25) is 0 Å². The van der Waals surface area contributed by atoms with Gasteiger partial charge in [0, 0.05) is 25.4 Å². The van der Waals surface area contributed by atoms with Crippen LogP contribution in [-0.4, -0.2) is 33.4 Å². The van der Waals surface area contributed by atoms with Crippen molar-refractivity contribution in [2.45, 2.75) is 39.2 Å². The quantitative estimate of drug-likeness (QED) is 0.816. The molecule has 23 heavy (non-hydrogen) atoms. The smallest absolute Gasteiger partial charge is 0.137 e. The van der Waals surface area contributed by atoms with Gasteiger partial charge in [-0.2, -0.15) is 0 Å². The molecular weight excluding hydrogens is 306 g/mol. The van der Waals surface area contributed by atoms with E-state index in [1.165, 1.54) is 22.0 Å². The van der Waals surface area contributed by atoms with Crippen LogP contribution in [0.15, 0.2) is 30.3 Å². The lowest BCUT2D eigenvalue weighted by molar-refractivity contribution is -0.124. The molecule has 0 saturated carbocycles. The van der Waals surface area contributed by atoms with Crippen molar-refractivity contribution in [3.05, 3.63) is 46.5 Å². The van der Waals surface area contributed by atoms with E-state index < -0.39 is 0 Å². The fourth-order valence-electron chi connectivity index (χ4n) is 3.18. The van der Waals surface area contributed by atoms with Crippen LogP contribution >= 0.6 is 11.5 Å². The summed E-state index contributed by atoms with van der Waals surface area (Å²) in [5.41, 5.74) is 2.27. The molecule has 0 N–H and O–H groups in total. The van der Waals surface area contributed by atoms with Gasteiger partial charge in [0.15, 0.2) is 0 Å². The molecule has 4 nitrogen and oxygen atoms in total. The molecule has 1 aliphatic heterocycles. The topological polar surface area (TPSA) is 46.1 Å². The summed E-state index contributed by atoms with van der Waals surface area (Å²) in [7, 11) is 0. The summed E-state index contributed by atoms with van der Waals surface area (Å²) in [5, 5.41) is 4.07. The fraction of sp³-hybridized carbons (Fsp3) is 0.500. The Morgan fingerprint density at radius 1 is 1.35 bits per heavy atom. The summed E-state index contributed by atoms with van der Waals surface area (Å²) in [5.74, 6) is 0.603. The number of aryl methyl sites for hydroxylation is 2. The van der Waals surface area contributed by atoms with Crippen LogP contribution in [0, 0.1) is 12.8 Å². The summed E-state index contributed by atoms with van der Waals surface area (Å²) in [6, 6.07) is 10.3. The van der Waals surface area contributed by atoms with E-state index in [0.29, 0.717) is 12.2 Å². The molecule has 2 aromatic rings. The molecule has 5 heteroatoms. The summed E-state index contributed by atoms with van der Waals surface area (Å²) in [6.45, 7) is 4.84. The Kier molecular flexibility index (Phi) is 5.51. The number of piperidine rings is 1. The molecule has 0 aliphatic carbocycles. The Morgan fingerprint density at radius 3 is 2.91 bits per heavy atom. The van der Waals surface area contributed by atoms with E-state index in [4.69, 9.17) is 0 Å². The van der Waals surface area contributed by atoms with Gasteiger partial charge in [-0.1, -0.05) is 34.8 Å². The molecule has 1 aromatic carbocycles. The first kappa shape index (κ1) is 16.3. The van der Waals surface area contributed by atoms with Gasteiger partial charge in [0.25, 0.3) is 0 Å². The van der Waals surface area contributed by atoms with E-state index in [0.717, 1.165) is 44.6 Å². The highest BCUT2D eigenvalue weighted by atomic mass is 32.1. The predicted molar refractivity (Wildman–Crippen MR) is 92.4 cm³/mol. The summed E-state index contributed by atoms with van der Waals surface area (Å²) < 4.78 is 4.00. The van der Waals surface area contributed by atoms with Crippen molar-refractivity contribution in [1.29, 1.82) is 0 Å². The Hall–Kier alpha value is -1.59. The maximum Gasteiger partial charge on any atom is 0.137 e. The molecule has 0 spiro atoms. The molecule has 0 radical (unpaired) electrons.